The third-order valence-corrected chi connectivity index (χ3v) is 5.61. The van der Waals surface area contributed by atoms with Crippen LogP contribution in [0.5, 0.6) is 6.08 Å². The molecule has 10 heteroatoms. The number of methoxy groups -OCH3 is 1. The zero-order valence-electron chi connectivity index (χ0n) is 18.4. The lowest BCUT2D eigenvalue weighted by atomic mass is 10.1. The molecule has 0 saturated carbocycles. The van der Waals surface area contributed by atoms with Crippen molar-refractivity contribution >= 4 is 39.4 Å². The van der Waals surface area contributed by atoms with Crippen LogP contribution in [-0.2, 0) is 0 Å². The molecule has 0 unspecified atom stereocenters. The standard InChI is InChI=1S/C23H23FN6O3/c1-12-10-30(11-13(2)27-12)17-5-4-15(19-21(17)26-7-6-25-19)22(31)28-14-8-16(24)20-18(9-14)33-23(29-20)32-3/h4-9,12-13,27H,10-11H2,1-3H3,(H,28,31)/t12-,13-/m0/s1. The minimum atomic E-state index is -0.628. The van der Waals surface area contributed by atoms with Gasteiger partial charge in [0.05, 0.1) is 18.4 Å². The average molecular weight is 450 g/mol. The molecule has 0 radical (unpaired) electrons. The lowest BCUT2D eigenvalue weighted by Gasteiger charge is -2.38. The first-order chi connectivity index (χ1) is 15.9. The minimum absolute atomic E-state index is 0.0324. The van der Waals surface area contributed by atoms with Crippen molar-refractivity contribution in [1.82, 2.24) is 20.3 Å². The molecule has 0 spiro atoms. The first-order valence-corrected chi connectivity index (χ1v) is 10.6. The molecule has 2 N–H and O–H groups in total. The normalized spacial score (nSPS) is 18.6. The van der Waals surface area contributed by atoms with E-state index in [2.05, 4.69) is 44.3 Å². The number of benzene rings is 2. The van der Waals surface area contributed by atoms with Crippen LogP contribution in [0, 0.1) is 5.82 Å². The summed E-state index contributed by atoms with van der Waals surface area (Å²) in [6, 6.07) is 6.95. The van der Waals surface area contributed by atoms with Crippen LogP contribution in [0.15, 0.2) is 41.1 Å². The molecule has 1 aliphatic heterocycles. The summed E-state index contributed by atoms with van der Waals surface area (Å²) in [5.41, 5.74) is 2.83. The number of amides is 1. The molecule has 2 aromatic heterocycles. The highest BCUT2D eigenvalue weighted by Gasteiger charge is 2.25. The number of nitrogens with zero attached hydrogens (tertiary/aromatic N) is 4. The fourth-order valence-corrected chi connectivity index (χ4v) is 4.33. The van der Waals surface area contributed by atoms with E-state index in [0.717, 1.165) is 18.8 Å². The van der Waals surface area contributed by atoms with E-state index in [1.165, 1.54) is 19.2 Å². The van der Waals surface area contributed by atoms with Crippen LogP contribution in [0.25, 0.3) is 22.1 Å². The summed E-state index contributed by atoms with van der Waals surface area (Å²) in [4.78, 5) is 28.3. The largest absolute Gasteiger partial charge is 0.453 e. The number of hydrogen-bond donors (Lipinski definition) is 2. The second kappa shape index (κ2) is 8.28. The Morgan fingerprint density at radius 2 is 1.88 bits per heavy atom. The van der Waals surface area contributed by atoms with Crippen LogP contribution >= 0.6 is 0 Å². The Labute approximate surface area is 189 Å². The molecule has 3 heterocycles. The summed E-state index contributed by atoms with van der Waals surface area (Å²) in [5.74, 6) is -1.06. The second-order valence-electron chi connectivity index (χ2n) is 8.20. The zero-order valence-corrected chi connectivity index (χ0v) is 18.4. The monoisotopic (exact) mass is 450 g/mol. The lowest BCUT2D eigenvalue weighted by molar-refractivity contribution is 0.102. The minimum Gasteiger partial charge on any atom is -0.453 e. The number of piperazine rings is 1. The van der Waals surface area contributed by atoms with Crippen LogP contribution in [0.1, 0.15) is 24.2 Å². The Balaban J connectivity index is 1.49. The summed E-state index contributed by atoms with van der Waals surface area (Å²) in [7, 11) is 1.38. The van der Waals surface area contributed by atoms with Gasteiger partial charge in [-0.1, -0.05) is 0 Å². The molecule has 0 aliphatic carbocycles. The molecular weight excluding hydrogens is 427 g/mol. The number of hydrogen-bond acceptors (Lipinski definition) is 8. The number of oxazole rings is 1. The second-order valence-corrected chi connectivity index (χ2v) is 8.20. The lowest BCUT2D eigenvalue weighted by Crippen LogP contribution is -2.54. The maximum absolute atomic E-state index is 14.5. The first kappa shape index (κ1) is 21.1. The highest BCUT2D eigenvalue weighted by atomic mass is 19.1. The van der Waals surface area contributed by atoms with E-state index in [4.69, 9.17) is 9.15 Å². The Kier molecular flexibility index (Phi) is 5.29. The van der Waals surface area contributed by atoms with Gasteiger partial charge in [0.2, 0.25) is 0 Å². The number of fused-ring (bicyclic) bond motifs is 2. The summed E-state index contributed by atoms with van der Waals surface area (Å²) in [6.45, 7) is 5.92. The number of ether oxygens (including phenoxy) is 1. The molecule has 1 saturated heterocycles. The van der Waals surface area contributed by atoms with Crippen molar-refractivity contribution in [2.75, 3.05) is 30.4 Å². The van der Waals surface area contributed by atoms with Crippen LogP contribution in [0.4, 0.5) is 15.8 Å². The number of nitrogens with one attached hydrogen (secondary N) is 2. The molecule has 2 aromatic carbocycles. The number of carbonyl (C=O) groups excluding carboxylic acids is 1. The maximum atomic E-state index is 14.5. The van der Waals surface area contributed by atoms with Crippen molar-refractivity contribution in [3.05, 3.63) is 48.0 Å². The van der Waals surface area contributed by atoms with E-state index < -0.39 is 11.7 Å². The molecule has 2 atom stereocenters. The smallest absolute Gasteiger partial charge is 0.394 e. The number of carbonyl (C=O) groups is 1. The van der Waals surface area contributed by atoms with Crippen molar-refractivity contribution in [1.29, 1.82) is 0 Å². The number of aromatic nitrogens is 3. The van der Waals surface area contributed by atoms with Crippen molar-refractivity contribution in [3.63, 3.8) is 0 Å². The van der Waals surface area contributed by atoms with Gasteiger partial charge in [0.25, 0.3) is 5.91 Å². The van der Waals surface area contributed by atoms with E-state index in [9.17, 15) is 9.18 Å². The number of anilines is 2. The third-order valence-electron chi connectivity index (χ3n) is 5.61. The third kappa shape index (κ3) is 3.93. The van der Waals surface area contributed by atoms with Crippen molar-refractivity contribution < 1.29 is 18.3 Å². The van der Waals surface area contributed by atoms with Gasteiger partial charge in [-0.15, -0.1) is 0 Å². The van der Waals surface area contributed by atoms with Gasteiger partial charge in [-0.05, 0) is 32.0 Å². The molecule has 4 aromatic rings. The molecule has 1 amide bonds. The van der Waals surface area contributed by atoms with Crippen molar-refractivity contribution in [3.8, 4) is 6.08 Å². The van der Waals surface area contributed by atoms with Crippen LogP contribution in [-0.4, -0.2) is 53.1 Å². The number of halogens is 1. The molecule has 1 fully saturated rings. The molecule has 33 heavy (non-hydrogen) atoms. The van der Waals surface area contributed by atoms with Crippen molar-refractivity contribution in [2.24, 2.45) is 0 Å². The number of rotatable bonds is 4. The predicted molar refractivity (Wildman–Crippen MR) is 122 cm³/mol. The first-order valence-electron chi connectivity index (χ1n) is 10.6. The average Bonchev–Trinajstić information content (AvgIpc) is 3.21. The van der Waals surface area contributed by atoms with Crippen molar-refractivity contribution in [2.45, 2.75) is 25.9 Å². The summed E-state index contributed by atoms with van der Waals surface area (Å²) >= 11 is 0. The van der Waals surface area contributed by atoms with E-state index >= 15 is 0 Å². The SMILES string of the molecule is COc1nc2c(F)cc(NC(=O)c3ccc(N4C[C@H](C)N[C@@H](C)C4)c4nccnc34)cc2o1. The maximum Gasteiger partial charge on any atom is 0.394 e. The van der Waals surface area contributed by atoms with Gasteiger partial charge in [-0.3, -0.25) is 14.8 Å². The van der Waals surface area contributed by atoms with Gasteiger partial charge < -0.3 is 24.7 Å². The van der Waals surface area contributed by atoms with E-state index in [1.807, 2.05) is 6.07 Å². The van der Waals surface area contributed by atoms with Gasteiger partial charge >= 0.3 is 6.08 Å². The van der Waals surface area contributed by atoms with E-state index in [0.29, 0.717) is 28.7 Å². The highest BCUT2D eigenvalue weighted by molar-refractivity contribution is 6.13. The molecular formula is C23H23FN6O3. The zero-order chi connectivity index (χ0) is 23.1. The fourth-order valence-electron chi connectivity index (χ4n) is 4.33. The van der Waals surface area contributed by atoms with Gasteiger partial charge in [-0.2, -0.15) is 4.98 Å². The van der Waals surface area contributed by atoms with E-state index in [1.54, 1.807) is 18.5 Å². The molecule has 1 aliphatic rings. The van der Waals surface area contributed by atoms with Gasteiger partial charge in [0.15, 0.2) is 11.4 Å². The summed E-state index contributed by atoms with van der Waals surface area (Å²) < 4.78 is 24.7. The highest BCUT2D eigenvalue weighted by Crippen LogP contribution is 2.30. The predicted octanol–water partition coefficient (Wildman–Crippen LogP) is 3.36. The van der Waals surface area contributed by atoms with Gasteiger partial charge in [0, 0.05) is 49.3 Å². The Bertz CT molecular complexity index is 1350. The van der Waals surface area contributed by atoms with Gasteiger partial charge in [-0.25, -0.2) is 4.39 Å². The fraction of sp³-hybridized carbons (Fsp3) is 0.304. The Morgan fingerprint density at radius 3 is 2.61 bits per heavy atom. The molecule has 9 nitrogen and oxygen atoms in total. The quantitative estimate of drug-likeness (QED) is 0.488. The van der Waals surface area contributed by atoms with Crippen LogP contribution in [0.2, 0.25) is 0 Å². The van der Waals surface area contributed by atoms with E-state index in [-0.39, 0.29) is 22.9 Å². The summed E-state index contributed by atoms with van der Waals surface area (Å²) in [6.07, 6.45) is 3.11. The Morgan fingerprint density at radius 1 is 1.15 bits per heavy atom. The van der Waals surface area contributed by atoms with Crippen LogP contribution < -0.4 is 20.3 Å². The van der Waals surface area contributed by atoms with Crippen LogP contribution in [0.3, 0.4) is 0 Å². The Hall–Kier alpha value is -3.79. The molecule has 0 bridgehead atoms. The molecule has 5 rings (SSSR count). The van der Waals surface area contributed by atoms with Gasteiger partial charge in [0.1, 0.15) is 16.6 Å². The molecule has 170 valence electrons. The topological polar surface area (TPSA) is 105 Å². The summed E-state index contributed by atoms with van der Waals surface area (Å²) in [5, 5.41) is 6.24.